The first kappa shape index (κ1) is 13.5. The van der Waals surface area contributed by atoms with Crippen molar-refractivity contribution in [1.29, 1.82) is 0 Å². The van der Waals surface area contributed by atoms with Gasteiger partial charge in [0.1, 0.15) is 0 Å². The number of fused-ring (bicyclic) bond motifs is 1. The molecule has 1 aliphatic rings. The molecule has 0 aliphatic heterocycles. The molecule has 21 heavy (non-hydrogen) atoms. The lowest BCUT2D eigenvalue weighted by atomic mass is 10.1. The molecule has 0 fully saturated rings. The highest BCUT2D eigenvalue weighted by molar-refractivity contribution is 5.86. The Bertz CT molecular complexity index is 749. The molecule has 0 radical (unpaired) electrons. The van der Waals surface area contributed by atoms with E-state index in [1.165, 1.54) is 23.6 Å². The highest BCUT2D eigenvalue weighted by Crippen LogP contribution is 2.23. The van der Waals surface area contributed by atoms with E-state index in [0.29, 0.717) is 0 Å². The summed E-state index contributed by atoms with van der Waals surface area (Å²) < 4.78 is 6.41. The Hall–Kier alpha value is -2.43. The highest BCUT2D eigenvalue weighted by Gasteiger charge is 2.15. The van der Waals surface area contributed by atoms with Crippen LogP contribution in [0.1, 0.15) is 35.0 Å². The first-order valence-corrected chi connectivity index (χ1v) is 7.08. The maximum absolute atomic E-state index is 11.7. The highest BCUT2D eigenvalue weighted by atomic mass is 16.5. The van der Waals surface area contributed by atoms with Crippen LogP contribution in [0.15, 0.2) is 35.3 Å². The first-order chi connectivity index (χ1) is 10.2. The van der Waals surface area contributed by atoms with Gasteiger partial charge >= 0.3 is 5.97 Å². The van der Waals surface area contributed by atoms with Crippen molar-refractivity contribution in [3.05, 3.63) is 57.5 Å². The van der Waals surface area contributed by atoms with E-state index in [-0.39, 0.29) is 12.3 Å². The van der Waals surface area contributed by atoms with Crippen molar-refractivity contribution in [2.24, 2.45) is 0 Å². The van der Waals surface area contributed by atoms with Gasteiger partial charge < -0.3 is 4.74 Å². The van der Waals surface area contributed by atoms with E-state index in [2.05, 4.69) is 17.2 Å². The van der Waals surface area contributed by atoms with E-state index < -0.39 is 11.4 Å². The van der Waals surface area contributed by atoms with Gasteiger partial charge in [-0.15, -0.1) is 0 Å². The van der Waals surface area contributed by atoms with Crippen LogP contribution in [0.4, 0.5) is 0 Å². The SMILES string of the molecule is CCOC(=O)c1nn(-c2ccc3c(c2)CCC3)ccc1=O. The van der Waals surface area contributed by atoms with Crippen molar-refractivity contribution in [3.8, 4) is 5.69 Å². The fourth-order valence-electron chi connectivity index (χ4n) is 2.59. The first-order valence-electron chi connectivity index (χ1n) is 7.08. The van der Waals surface area contributed by atoms with Crippen LogP contribution in [0.25, 0.3) is 5.69 Å². The summed E-state index contributed by atoms with van der Waals surface area (Å²) in [5.74, 6) is -0.682. The Kier molecular flexibility index (Phi) is 3.56. The molecule has 0 amide bonds. The van der Waals surface area contributed by atoms with Gasteiger partial charge in [0, 0.05) is 12.3 Å². The third-order valence-electron chi connectivity index (χ3n) is 3.62. The molecule has 0 atom stereocenters. The summed E-state index contributed by atoms with van der Waals surface area (Å²) in [7, 11) is 0. The molecule has 3 rings (SSSR count). The van der Waals surface area contributed by atoms with E-state index in [4.69, 9.17) is 4.74 Å². The van der Waals surface area contributed by atoms with Crippen molar-refractivity contribution >= 4 is 5.97 Å². The van der Waals surface area contributed by atoms with Crippen molar-refractivity contribution in [2.45, 2.75) is 26.2 Å². The van der Waals surface area contributed by atoms with Crippen LogP contribution in [0.2, 0.25) is 0 Å². The van der Waals surface area contributed by atoms with Crippen molar-refractivity contribution in [3.63, 3.8) is 0 Å². The molecule has 108 valence electrons. The van der Waals surface area contributed by atoms with Gasteiger partial charge in [-0.25, -0.2) is 9.48 Å². The number of hydrogen-bond donors (Lipinski definition) is 0. The van der Waals surface area contributed by atoms with Crippen LogP contribution >= 0.6 is 0 Å². The molecule has 1 heterocycles. The largest absolute Gasteiger partial charge is 0.461 e. The normalized spacial score (nSPS) is 13.0. The molecule has 5 heteroatoms. The molecule has 2 aromatic rings. The summed E-state index contributed by atoms with van der Waals surface area (Å²) >= 11 is 0. The summed E-state index contributed by atoms with van der Waals surface area (Å²) in [6, 6.07) is 7.44. The van der Waals surface area contributed by atoms with E-state index >= 15 is 0 Å². The minimum Gasteiger partial charge on any atom is -0.461 e. The molecule has 0 N–H and O–H groups in total. The Labute approximate surface area is 122 Å². The van der Waals surface area contributed by atoms with Crippen molar-refractivity contribution in [2.75, 3.05) is 6.61 Å². The number of hydrogen-bond acceptors (Lipinski definition) is 4. The van der Waals surface area contributed by atoms with Gasteiger partial charge in [0.25, 0.3) is 0 Å². The molecule has 0 spiro atoms. The Morgan fingerprint density at radius 2 is 2.10 bits per heavy atom. The molecule has 0 bridgehead atoms. The second kappa shape index (κ2) is 5.52. The number of benzene rings is 1. The average Bonchev–Trinajstić information content (AvgIpc) is 2.95. The summed E-state index contributed by atoms with van der Waals surface area (Å²) in [4.78, 5) is 23.5. The van der Waals surface area contributed by atoms with Crippen molar-refractivity contribution in [1.82, 2.24) is 9.78 Å². The van der Waals surface area contributed by atoms with Crippen molar-refractivity contribution < 1.29 is 9.53 Å². The predicted molar refractivity (Wildman–Crippen MR) is 77.8 cm³/mol. The van der Waals surface area contributed by atoms with Crippen LogP contribution in [-0.2, 0) is 17.6 Å². The number of carbonyl (C=O) groups excluding carboxylic acids is 1. The van der Waals surface area contributed by atoms with Crippen LogP contribution in [0.3, 0.4) is 0 Å². The number of rotatable bonds is 3. The zero-order chi connectivity index (χ0) is 14.8. The van der Waals surface area contributed by atoms with Gasteiger partial charge in [-0.05, 0) is 49.4 Å². The molecule has 5 nitrogen and oxygen atoms in total. The standard InChI is InChI=1S/C16H16N2O3/c1-2-21-16(20)15-14(19)8-9-18(17-15)13-7-6-11-4-3-5-12(11)10-13/h6-10H,2-5H2,1H3. The van der Waals surface area contributed by atoms with E-state index in [1.54, 1.807) is 17.8 Å². The van der Waals surface area contributed by atoms with Crippen LogP contribution in [0.5, 0.6) is 0 Å². The van der Waals surface area contributed by atoms with Crippen LogP contribution in [0, 0.1) is 0 Å². The molecule has 1 aromatic heterocycles. The number of carbonyl (C=O) groups is 1. The fourth-order valence-corrected chi connectivity index (χ4v) is 2.59. The monoisotopic (exact) mass is 284 g/mol. The van der Waals surface area contributed by atoms with Gasteiger partial charge in [-0.1, -0.05) is 6.07 Å². The van der Waals surface area contributed by atoms with Gasteiger partial charge in [0.05, 0.1) is 12.3 Å². The lowest BCUT2D eigenvalue weighted by Gasteiger charge is -2.09. The van der Waals surface area contributed by atoms with Gasteiger partial charge in [-0.2, -0.15) is 5.10 Å². The maximum Gasteiger partial charge on any atom is 0.362 e. The number of nitrogens with zero attached hydrogens (tertiary/aromatic N) is 2. The second-order valence-electron chi connectivity index (χ2n) is 5.00. The third kappa shape index (κ3) is 2.59. The maximum atomic E-state index is 11.7. The smallest absolute Gasteiger partial charge is 0.362 e. The predicted octanol–water partition coefficient (Wildman–Crippen LogP) is 1.90. The molecular weight excluding hydrogens is 268 g/mol. The van der Waals surface area contributed by atoms with Crippen LogP contribution < -0.4 is 5.43 Å². The van der Waals surface area contributed by atoms with Gasteiger partial charge in [-0.3, -0.25) is 4.79 Å². The average molecular weight is 284 g/mol. The molecule has 1 aromatic carbocycles. The summed E-state index contributed by atoms with van der Waals surface area (Å²) in [6.07, 6.45) is 4.92. The molecule has 1 aliphatic carbocycles. The zero-order valence-corrected chi connectivity index (χ0v) is 11.8. The number of aromatic nitrogens is 2. The molecule has 0 saturated carbocycles. The van der Waals surface area contributed by atoms with E-state index in [9.17, 15) is 9.59 Å². The summed E-state index contributed by atoms with van der Waals surface area (Å²) in [5.41, 5.74) is 2.92. The summed E-state index contributed by atoms with van der Waals surface area (Å²) in [6.45, 7) is 1.91. The Morgan fingerprint density at radius 1 is 1.29 bits per heavy atom. The van der Waals surface area contributed by atoms with Gasteiger partial charge in [0.15, 0.2) is 0 Å². The summed E-state index contributed by atoms with van der Waals surface area (Å²) in [5, 5.41) is 4.12. The zero-order valence-electron chi connectivity index (χ0n) is 11.8. The molecule has 0 saturated heterocycles. The Morgan fingerprint density at radius 3 is 2.90 bits per heavy atom. The molecule has 0 unspecified atom stereocenters. The minimum absolute atomic E-state index is 0.181. The number of esters is 1. The lowest BCUT2D eigenvalue weighted by Crippen LogP contribution is -2.22. The lowest BCUT2D eigenvalue weighted by molar-refractivity contribution is 0.0515. The number of ether oxygens (including phenoxy) is 1. The third-order valence-corrected chi connectivity index (χ3v) is 3.62. The molecular formula is C16H16N2O3. The topological polar surface area (TPSA) is 61.2 Å². The number of aryl methyl sites for hydroxylation is 2. The minimum atomic E-state index is -0.682. The quantitative estimate of drug-likeness (QED) is 0.808. The Balaban J connectivity index is 2.01. The van der Waals surface area contributed by atoms with E-state index in [1.807, 2.05) is 6.07 Å². The van der Waals surface area contributed by atoms with Gasteiger partial charge in [0.2, 0.25) is 11.1 Å². The second-order valence-corrected chi connectivity index (χ2v) is 5.00. The van der Waals surface area contributed by atoms with Crippen LogP contribution in [-0.4, -0.2) is 22.4 Å². The fraction of sp³-hybridized carbons (Fsp3) is 0.312. The van der Waals surface area contributed by atoms with E-state index in [0.717, 1.165) is 18.5 Å².